The van der Waals surface area contributed by atoms with Crippen molar-refractivity contribution in [2.24, 2.45) is 0 Å². The number of fused-ring (bicyclic) bond motifs is 2. The lowest BCUT2D eigenvalue weighted by Crippen LogP contribution is -2.35. The summed E-state index contributed by atoms with van der Waals surface area (Å²) in [5.41, 5.74) is 4.74. The van der Waals surface area contributed by atoms with Crippen LogP contribution in [0.5, 0.6) is 0 Å². The molecule has 1 unspecified atom stereocenters. The van der Waals surface area contributed by atoms with Crippen molar-refractivity contribution in [3.8, 4) is 0 Å². The molecule has 2 N–H and O–H groups in total. The van der Waals surface area contributed by atoms with E-state index in [2.05, 4.69) is 10.6 Å². The van der Waals surface area contributed by atoms with E-state index in [1.165, 1.54) is 11.8 Å². The molecule has 47 heavy (non-hydrogen) atoms. The smallest absolute Gasteiger partial charge is 0.272 e. The van der Waals surface area contributed by atoms with E-state index in [9.17, 15) is 14.4 Å². The van der Waals surface area contributed by atoms with Gasteiger partial charge in [0, 0.05) is 25.9 Å². The van der Waals surface area contributed by atoms with Gasteiger partial charge in [0.2, 0.25) is 5.91 Å². The van der Waals surface area contributed by atoms with Crippen molar-refractivity contribution < 1.29 is 14.4 Å². The Morgan fingerprint density at radius 2 is 1.36 bits per heavy atom. The molecule has 0 radical (unpaired) electrons. The van der Waals surface area contributed by atoms with E-state index in [4.69, 9.17) is 0 Å². The first-order chi connectivity index (χ1) is 22.9. The van der Waals surface area contributed by atoms with Crippen LogP contribution in [0.4, 0.5) is 17.1 Å². The van der Waals surface area contributed by atoms with Crippen LogP contribution >= 0.6 is 23.5 Å². The molecule has 6 nitrogen and oxygen atoms in total. The molecule has 0 saturated carbocycles. The number of carbonyl (C=O) groups is 3. The Morgan fingerprint density at radius 1 is 0.766 bits per heavy atom. The zero-order valence-corrected chi connectivity index (χ0v) is 27.6. The van der Waals surface area contributed by atoms with E-state index in [-0.39, 0.29) is 22.8 Å². The first-order valence-electron chi connectivity index (χ1n) is 15.3. The standard InChI is InChI=1S/C39H33N3O3S2/c1-3-34(39(45)42-32-17-9-11-19-35(32)47-36-20-12-10-18-33(36)42)46-30-23-21-29(22-24-30)40-38(44)31(25-28-16-8-7-13-26(28)2)41-37(43)27-14-5-4-6-15-27/h4-25,34H,3H2,1-2H3,(H,40,44)(H,41,43)/b31-25-. The monoisotopic (exact) mass is 655 g/mol. The second-order valence-electron chi connectivity index (χ2n) is 10.9. The third-order valence-corrected chi connectivity index (χ3v) is 10.2. The number of nitrogens with zero attached hydrogens (tertiary/aromatic N) is 1. The average molecular weight is 656 g/mol. The number of aryl methyl sites for hydroxylation is 1. The summed E-state index contributed by atoms with van der Waals surface area (Å²) >= 11 is 3.18. The molecule has 8 heteroatoms. The molecule has 0 spiro atoms. The predicted octanol–water partition coefficient (Wildman–Crippen LogP) is 9.10. The van der Waals surface area contributed by atoms with Crippen LogP contribution < -0.4 is 15.5 Å². The summed E-state index contributed by atoms with van der Waals surface area (Å²) in [5.74, 6) is -0.796. The van der Waals surface area contributed by atoms with E-state index >= 15 is 0 Å². The van der Waals surface area contributed by atoms with Crippen LogP contribution in [0.1, 0.15) is 34.8 Å². The molecule has 1 aliphatic rings. The first kappa shape index (κ1) is 31.9. The molecule has 3 amide bonds. The number of amides is 3. The molecule has 6 rings (SSSR count). The van der Waals surface area contributed by atoms with Crippen LogP contribution in [-0.2, 0) is 9.59 Å². The summed E-state index contributed by atoms with van der Waals surface area (Å²) in [6, 6.07) is 39.9. The number of anilines is 3. The Hall–Kier alpha value is -5.05. The summed E-state index contributed by atoms with van der Waals surface area (Å²) < 4.78 is 0. The number of thioether (sulfide) groups is 1. The highest BCUT2D eigenvalue weighted by atomic mass is 32.2. The first-order valence-corrected chi connectivity index (χ1v) is 17.0. The van der Waals surface area contributed by atoms with Gasteiger partial charge in [-0.1, -0.05) is 85.4 Å². The SMILES string of the molecule is CCC(Sc1ccc(NC(=O)/C(=C/c2ccccc2C)NC(=O)c2ccccc2)cc1)C(=O)N1c2ccccc2Sc2ccccc21. The second kappa shape index (κ2) is 14.6. The molecular weight excluding hydrogens is 623 g/mol. The third kappa shape index (κ3) is 7.35. The number of hydrogen-bond acceptors (Lipinski definition) is 5. The van der Waals surface area contributed by atoms with Gasteiger partial charge in [0.15, 0.2) is 0 Å². The van der Waals surface area contributed by atoms with Gasteiger partial charge in [0.25, 0.3) is 11.8 Å². The fourth-order valence-electron chi connectivity index (χ4n) is 5.22. The van der Waals surface area contributed by atoms with Crippen molar-refractivity contribution in [3.05, 3.63) is 150 Å². The zero-order chi connectivity index (χ0) is 32.8. The van der Waals surface area contributed by atoms with E-state index in [0.717, 1.165) is 37.2 Å². The van der Waals surface area contributed by atoms with Gasteiger partial charge in [-0.05, 0) is 91.2 Å². The van der Waals surface area contributed by atoms with Gasteiger partial charge in [-0.3, -0.25) is 19.3 Å². The Bertz CT molecular complexity index is 1910. The minimum atomic E-state index is -0.445. The van der Waals surface area contributed by atoms with Gasteiger partial charge in [-0.2, -0.15) is 0 Å². The fraction of sp³-hybridized carbons (Fsp3) is 0.103. The van der Waals surface area contributed by atoms with Crippen LogP contribution in [0.3, 0.4) is 0 Å². The highest BCUT2D eigenvalue weighted by molar-refractivity contribution is 8.00. The van der Waals surface area contributed by atoms with Crippen LogP contribution in [-0.4, -0.2) is 23.0 Å². The van der Waals surface area contributed by atoms with E-state index < -0.39 is 5.91 Å². The van der Waals surface area contributed by atoms with Gasteiger partial charge in [-0.15, -0.1) is 11.8 Å². The summed E-state index contributed by atoms with van der Waals surface area (Å²) in [6.07, 6.45) is 2.33. The van der Waals surface area contributed by atoms with Crippen LogP contribution in [0.25, 0.3) is 6.08 Å². The van der Waals surface area contributed by atoms with Crippen molar-refractivity contribution in [3.63, 3.8) is 0 Å². The van der Waals surface area contributed by atoms with Crippen molar-refractivity contribution in [1.82, 2.24) is 5.32 Å². The quantitative estimate of drug-likeness (QED) is 0.122. The molecule has 1 aliphatic heterocycles. The molecular formula is C39H33N3O3S2. The summed E-state index contributed by atoms with van der Waals surface area (Å²) in [6.45, 7) is 3.97. The number of benzene rings is 5. The van der Waals surface area contributed by atoms with Gasteiger partial charge >= 0.3 is 0 Å². The number of para-hydroxylation sites is 2. The maximum absolute atomic E-state index is 14.1. The molecule has 5 aromatic rings. The Morgan fingerprint density at radius 3 is 2.00 bits per heavy atom. The summed E-state index contributed by atoms with van der Waals surface area (Å²) in [5, 5.41) is 5.39. The number of rotatable bonds is 9. The molecule has 1 heterocycles. The molecule has 0 aliphatic carbocycles. The molecule has 0 fully saturated rings. The lowest BCUT2D eigenvalue weighted by molar-refractivity contribution is -0.117. The van der Waals surface area contributed by atoms with Gasteiger partial charge in [0.05, 0.1) is 16.6 Å². The summed E-state index contributed by atoms with van der Waals surface area (Å²) in [7, 11) is 0. The minimum absolute atomic E-state index is 0.0234. The molecule has 5 aromatic carbocycles. The van der Waals surface area contributed by atoms with E-state index in [1.54, 1.807) is 42.1 Å². The summed E-state index contributed by atoms with van der Waals surface area (Å²) in [4.78, 5) is 45.5. The number of hydrogen-bond donors (Lipinski definition) is 2. The molecule has 1 atom stereocenters. The molecule has 234 valence electrons. The average Bonchev–Trinajstić information content (AvgIpc) is 3.10. The van der Waals surface area contributed by atoms with E-state index in [1.807, 2.05) is 122 Å². The lowest BCUT2D eigenvalue weighted by atomic mass is 10.1. The Labute approximate surface area is 283 Å². The van der Waals surface area contributed by atoms with Crippen molar-refractivity contribution >= 4 is 64.4 Å². The van der Waals surface area contributed by atoms with Crippen molar-refractivity contribution in [2.75, 3.05) is 10.2 Å². The van der Waals surface area contributed by atoms with Crippen molar-refractivity contribution in [1.29, 1.82) is 0 Å². The fourth-order valence-corrected chi connectivity index (χ4v) is 7.27. The van der Waals surface area contributed by atoms with Crippen molar-refractivity contribution in [2.45, 2.75) is 40.2 Å². The number of nitrogens with one attached hydrogen (secondary N) is 2. The predicted molar refractivity (Wildman–Crippen MR) is 192 cm³/mol. The van der Waals surface area contributed by atoms with Gasteiger partial charge < -0.3 is 10.6 Å². The largest absolute Gasteiger partial charge is 0.321 e. The molecule has 0 bridgehead atoms. The Balaban J connectivity index is 1.19. The highest BCUT2D eigenvalue weighted by Crippen LogP contribution is 2.48. The van der Waals surface area contributed by atoms with Crippen LogP contribution in [0.2, 0.25) is 0 Å². The lowest BCUT2D eigenvalue weighted by Gasteiger charge is -2.33. The van der Waals surface area contributed by atoms with Crippen LogP contribution in [0.15, 0.2) is 148 Å². The highest BCUT2D eigenvalue weighted by Gasteiger charge is 2.32. The minimum Gasteiger partial charge on any atom is -0.321 e. The number of carbonyl (C=O) groups excluding carboxylic acids is 3. The second-order valence-corrected chi connectivity index (χ2v) is 13.3. The maximum Gasteiger partial charge on any atom is 0.272 e. The maximum atomic E-state index is 14.1. The Kier molecular flexibility index (Phi) is 9.90. The normalized spacial score (nSPS) is 12.8. The molecule has 0 aromatic heterocycles. The topological polar surface area (TPSA) is 78.5 Å². The zero-order valence-electron chi connectivity index (χ0n) is 26.0. The van der Waals surface area contributed by atoms with Gasteiger partial charge in [-0.25, -0.2) is 0 Å². The molecule has 0 saturated heterocycles. The van der Waals surface area contributed by atoms with Crippen LogP contribution in [0, 0.1) is 6.92 Å². The third-order valence-electron chi connectivity index (χ3n) is 7.71. The van der Waals surface area contributed by atoms with Gasteiger partial charge in [0.1, 0.15) is 5.70 Å². The van der Waals surface area contributed by atoms with E-state index in [0.29, 0.717) is 17.7 Å².